The molecule has 3 rings (SSSR count). The van der Waals surface area contributed by atoms with Crippen LogP contribution in [0.15, 0.2) is 46.7 Å². The Morgan fingerprint density at radius 1 is 1.10 bits per heavy atom. The first-order chi connectivity index (χ1) is 18.9. The Labute approximate surface area is 244 Å². The van der Waals surface area contributed by atoms with E-state index in [1.54, 1.807) is 24.5 Å². The first-order valence-electron chi connectivity index (χ1n) is 12.6. The van der Waals surface area contributed by atoms with Gasteiger partial charge in [-0.15, -0.1) is 11.8 Å². The monoisotopic (exact) mass is 633 g/mol. The second-order valence-corrected chi connectivity index (χ2v) is 14.9. The Kier molecular flexibility index (Phi) is 10.5. The predicted molar refractivity (Wildman–Crippen MR) is 153 cm³/mol. The van der Waals surface area contributed by atoms with Crippen molar-refractivity contribution in [2.24, 2.45) is 10.4 Å². The topological polar surface area (TPSA) is 172 Å². The van der Waals surface area contributed by atoms with Crippen LogP contribution in [-0.4, -0.2) is 94.6 Å². The number of aliphatic hydroxyl groups excluding tert-OH is 1. The molecule has 1 aliphatic heterocycles. The number of carbonyl (C=O) groups is 2. The normalized spacial score (nSPS) is 27.5. The van der Waals surface area contributed by atoms with Gasteiger partial charge in [-0.1, -0.05) is 32.0 Å². The SMILES string of the molecule is CS[C@@H]1O[C@H](COS(C)(=O)=O)[C@@H](OS(C)(=O)=O)[C@H](OC(=O)c2ccccc2)[C@H]1N=C(C)C1=C(O)CC(C)(C)CC1=O. The molecule has 1 aromatic rings. The van der Waals surface area contributed by atoms with E-state index in [-0.39, 0.29) is 41.2 Å². The first-order valence-corrected chi connectivity index (χ1v) is 17.5. The van der Waals surface area contributed by atoms with Gasteiger partial charge in [0.2, 0.25) is 0 Å². The molecule has 1 aliphatic carbocycles. The third kappa shape index (κ3) is 9.09. The molecule has 5 atom stereocenters. The number of ketones is 1. The second kappa shape index (κ2) is 12.9. The van der Waals surface area contributed by atoms with Crippen LogP contribution in [0.1, 0.15) is 44.0 Å². The minimum absolute atomic E-state index is 0.0282. The zero-order valence-electron chi connectivity index (χ0n) is 23.6. The second-order valence-electron chi connectivity index (χ2n) is 10.7. The summed E-state index contributed by atoms with van der Waals surface area (Å²) in [5.41, 5.74) is -1.05. The highest BCUT2D eigenvalue weighted by Gasteiger charge is 2.51. The van der Waals surface area contributed by atoms with Gasteiger partial charge in [-0.25, -0.2) is 4.79 Å². The maximum atomic E-state index is 13.2. The van der Waals surface area contributed by atoms with Gasteiger partial charge in [0.15, 0.2) is 11.9 Å². The highest BCUT2D eigenvalue weighted by molar-refractivity contribution is 7.99. The van der Waals surface area contributed by atoms with E-state index in [0.29, 0.717) is 0 Å². The lowest BCUT2D eigenvalue weighted by molar-refractivity contribution is -0.153. The number of aliphatic imine (C=N–C) groups is 1. The molecule has 2 aliphatic rings. The third-order valence-electron chi connectivity index (χ3n) is 6.39. The van der Waals surface area contributed by atoms with Crippen molar-refractivity contribution >= 4 is 49.5 Å². The molecule has 12 nitrogen and oxygen atoms in total. The summed E-state index contributed by atoms with van der Waals surface area (Å²) in [5, 5.41) is 10.7. The minimum atomic E-state index is -4.21. The van der Waals surface area contributed by atoms with Crippen LogP contribution in [-0.2, 0) is 42.9 Å². The average molecular weight is 634 g/mol. The van der Waals surface area contributed by atoms with Crippen LogP contribution in [0.2, 0.25) is 0 Å². The van der Waals surface area contributed by atoms with Crippen LogP contribution in [0.5, 0.6) is 0 Å². The van der Waals surface area contributed by atoms with E-state index >= 15 is 0 Å². The lowest BCUT2D eigenvalue weighted by Crippen LogP contribution is -2.60. The first kappa shape index (κ1) is 33.2. The Bertz CT molecular complexity index is 1420. The zero-order valence-corrected chi connectivity index (χ0v) is 26.0. The molecular formula is C26H35NO11S3. The molecule has 1 fully saturated rings. The fourth-order valence-corrected chi connectivity index (χ4v) is 6.52. The van der Waals surface area contributed by atoms with Crippen molar-refractivity contribution in [3.05, 3.63) is 47.2 Å². The molecule has 228 valence electrons. The number of benzene rings is 1. The highest BCUT2D eigenvalue weighted by atomic mass is 32.2. The van der Waals surface area contributed by atoms with Gasteiger partial charge < -0.3 is 14.6 Å². The van der Waals surface area contributed by atoms with Crippen LogP contribution >= 0.6 is 11.8 Å². The molecular weight excluding hydrogens is 598 g/mol. The summed E-state index contributed by atoms with van der Waals surface area (Å²) in [6.45, 7) is 4.59. The predicted octanol–water partition coefficient (Wildman–Crippen LogP) is 2.65. The molecule has 0 spiro atoms. The lowest BCUT2D eigenvalue weighted by atomic mass is 9.75. The van der Waals surface area contributed by atoms with Crippen molar-refractivity contribution in [1.29, 1.82) is 0 Å². The highest BCUT2D eigenvalue weighted by Crippen LogP contribution is 2.38. The number of aliphatic hydroxyl groups is 1. The number of esters is 1. The molecule has 0 radical (unpaired) electrons. The number of hydrogen-bond acceptors (Lipinski definition) is 13. The van der Waals surface area contributed by atoms with Crippen molar-refractivity contribution in [2.75, 3.05) is 25.4 Å². The van der Waals surface area contributed by atoms with Gasteiger partial charge in [0.05, 0.1) is 30.3 Å². The summed E-state index contributed by atoms with van der Waals surface area (Å²) in [4.78, 5) is 30.8. The molecule has 0 amide bonds. The van der Waals surface area contributed by atoms with Gasteiger partial charge in [-0.3, -0.25) is 18.2 Å². The minimum Gasteiger partial charge on any atom is -0.511 e. The van der Waals surface area contributed by atoms with Gasteiger partial charge in [0.25, 0.3) is 20.2 Å². The fraction of sp³-hybridized carbons (Fsp3) is 0.577. The van der Waals surface area contributed by atoms with Gasteiger partial charge >= 0.3 is 5.97 Å². The van der Waals surface area contributed by atoms with Crippen LogP contribution < -0.4 is 0 Å². The number of rotatable bonds is 10. The largest absolute Gasteiger partial charge is 0.511 e. The number of carbonyl (C=O) groups excluding carboxylic acids is 2. The van der Waals surface area contributed by atoms with Crippen molar-refractivity contribution in [2.45, 2.75) is 63.4 Å². The number of hydrogen-bond donors (Lipinski definition) is 1. The van der Waals surface area contributed by atoms with E-state index in [4.69, 9.17) is 17.8 Å². The van der Waals surface area contributed by atoms with E-state index in [9.17, 15) is 31.5 Å². The summed E-state index contributed by atoms with van der Waals surface area (Å²) in [5.74, 6) is -1.28. The molecule has 1 saturated heterocycles. The maximum absolute atomic E-state index is 13.2. The molecule has 0 aromatic heterocycles. The van der Waals surface area contributed by atoms with Gasteiger partial charge in [0.1, 0.15) is 29.4 Å². The fourth-order valence-electron chi connectivity index (χ4n) is 4.75. The van der Waals surface area contributed by atoms with Gasteiger partial charge in [0, 0.05) is 18.6 Å². The van der Waals surface area contributed by atoms with Crippen molar-refractivity contribution in [3.63, 3.8) is 0 Å². The van der Waals surface area contributed by atoms with Crippen molar-refractivity contribution in [1.82, 2.24) is 0 Å². The van der Waals surface area contributed by atoms with Gasteiger partial charge in [-0.2, -0.15) is 16.8 Å². The average Bonchev–Trinajstić information content (AvgIpc) is 2.83. The molecule has 1 heterocycles. The van der Waals surface area contributed by atoms with Crippen LogP contribution in [0.3, 0.4) is 0 Å². The Hall–Kier alpha value is -2.30. The quantitative estimate of drug-likeness (QED) is 0.227. The molecule has 0 saturated carbocycles. The van der Waals surface area contributed by atoms with E-state index in [2.05, 4.69) is 4.99 Å². The van der Waals surface area contributed by atoms with Crippen molar-refractivity contribution in [3.8, 4) is 0 Å². The number of ether oxygens (including phenoxy) is 2. The third-order valence-corrected chi connectivity index (χ3v) is 8.38. The van der Waals surface area contributed by atoms with E-state index in [1.165, 1.54) is 19.1 Å². The molecule has 41 heavy (non-hydrogen) atoms. The summed E-state index contributed by atoms with van der Waals surface area (Å²) >= 11 is 1.13. The van der Waals surface area contributed by atoms with Crippen molar-refractivity contribution < 1.29 is 49.4 Å². The smallest absolute Gasteiger partial charge is 0.338 e. The molecule has 0 unspecified atom stereocenters. The van der Waals surface area contributed by atoms with Crippen LogP contribution in [0.4, 0.5) is 0 Å². The van der Waals surface area contributed by atoms with Gasteiger partial charge in [-0.05, 0) is 30.7 Å². The standard InChI is InChI=1S/C26H35NO11S3/c1-15(20-17(28)12-26(2,3)13-18(20)29)27-21-23(37-24(30)16-10-8-7-9-11-16)22(38-41(6,33)34)19(36-25(21)39-4)14-35-40(5,31)32/h7-11,19,21-23,25,28H,12-14H2,1-6H3/t19-,21-,22-,23-,25+/m1/s1. The molecule has 15 heteroatoms. The Morgan fingerprint density at radius 2 is 1.73 bits per heavy atom. The molecule has 1 N–H and O–H groups in total. The van der Waals surface area contributed by atoms with E-state index in [1.807, 2.05) is 13.8 Å². The van der Waals surface area contributed by atoms with E-state index in [0.717, 1.165) is 24.3 Å². The molecule has 1 aromatic carbocycles. The van der Waals surface area contributed by atoms with Crippen LogP contribution in [0.25, 0.3) is 0 Å². The summed E-state index contributed by atoms with van der Waals surface area (Å²) in [7, 11) is -8.17. The van der Waals surface area contributed by atoms with E-state index < -0.39 is 68.0 Å². The number of allylic oxidation sites excluding steroid dienone is 2. The lowest BCUT2D eigenvalue weighted by Gasteiger charge is -2.43. The number of nitrogens with zero attached hydrogens (tertiary/aromatic N) is 1. The number of Topliss-reactive ketones (excluding diaryl/α,β-unsaturated/α-hetero) is 1. The Morgan fingerprint density at radius 3 is 2.27 bits per heavy atom. The maximum Gasteiger partial charge on any atom is 0.338 e. The Balaban J connectivity index is 2.13. The van der Waals surface area contributed by atoms with Crippen LogP contribution in [0, 0.1) is 5.41 Å². The molecule has 0 bridgehead atoms. The summed E-state index contributed by atoms with van der Waals surface area (Å²) in [6.07, 6.45) is -0.655. The number of thioether (sulfide) groups is 1. The summed E-state index contributed by atoms with van der Waals surface area (Å²) in [6, 6.07) is 6.79. The summed E-state index contributed by atoms with van der Waals surface area (Å²) < 4.78 is 70.2. The zero-order chi connectivity index (χ0) is 30.8.